The molecule has 0 radical (unpaired) electrons. The van der Waals surface area contributed by atoms with Gasteiger partial charge in [-0.15, -0.1) is 0 Å². The molecule has 0 aliphatic carbocycles. The van der Waals surface area contributed by atoms with Gasteiger partial charge in [-0.05, 0) is 47.2 Å². The summed E-state index contributed by atoms with van der Waals surface area (Å²) >= 11 is 1.81. The predicted octanol–water partition coefficient (Wildman–Crippen LogP) is 3.09. The molecule has 3 atom stereocenters. The second kappa shape index (κ2) is 10.2. The van der Waals surface area contributed by atoms with Crippen molar-refractivity contribution in [1.82, 2.24) is 5.32 Å². The van der Waals surface area contributed by atoms with Crippen LogP contribution in [-0.4, -0.2) is 29.5 Å². The van der Waals surface area contributed by atoms with Crippen LogP contribution in [0.15, 0.2) is 52.1 Å². The van der Waals surface area contributed by atoms with E-state index in [0.29, 0.717) is 5.56 Å². The van der Waals surface area contributed by atoms with Gasteiger partial charge in [-0.25, -0.2) is 8.78 Å². The van der Waals surface area contributed by atoms with Crippen molar-refractivity contribution >= 4 is 17.4 Å². The topological polar surface area (TPSA) is 78.4 Å². The molecule has 3 aromatic carbocycles. The molecule has 0 saturated carbocycles. The lowest BCUT2D eigenvalue weighted by atomic mass is 9.96. The van der Waals surface area contributed by atoms with E-state index in [1.54, 1.807) is 0 Å². The molecule has 33 heavy (non-hydrogen) atoms. The molecule has 0 spiro atoms. The summed E-state index contributed by atoms with van der Waals surface area (Å²) in [5, 5.41) is 17.3. The average molecular weight is 473 g/mol. The number of aliphatic hydroxyl groups excluding tert-OH is 1. The fourth-order valence-corrected chi connectivity index (χ4v) is 5.29. The first-order valence-corrected chi connectivity index (χ1v) is 12.1. The third-order valence-electron chi connectivity index (χ3n) is 6.04. The van der Waals surface area contributed by atoms with E-state index < -0.39 is 34.6 Å². The SMILES string of the molecule is CCc1ccc2c(c1)C(NCC(O)C(Cc1cc(F)cc(F)c1)Nc1cc(=O)c1=O)CSC2. The summed E-state index contributed by atoms with van der Waals surface area (Å²) in [4.78, 5) is 23.1. The smallest absolute Gasteiger partial charge is 0.248 e. The first kappa shape index (κ1) is 23.6. The van der Waals surface area contributed by atoms with Gasteiger partial charge in [0.15, 0.2) is 0 Å². The van der Waals surface area contributed by atoms with Crippen LogP contribution < -0.4 is 21.5 Å². The Balaban J connectivity index is 1.49. The van der Waals surface area contributed by atoms with Crippen LogP contribution in [0.4, 0.5) is 14.5 Å². The first-order valence-electron chi connectivity index (χ1n) is 11.0. The summed E-state index contributed by atoms with van der Waals surface area (Å²) in [6.45, 7) is 2.31. The Hall–Kier alpha value is -2.55. The number of nitrogens with one attached hydrogen (secondary N) is 2. The summed E-state index contributed by atoms with van der Waals surface area (Å²) in [6, 6.07) is 10.2. The number of thioether (sulfide) groups is 1. The van der Waals surface area contributed by atoms with E-state index in [1.807, 2.05) is 11.8 Å². The summed E-state index contributed by atoms with van der Waals surface area (Å²) in [6.07, 6.45) is 0.0330. The third-order valence-corrected chi connectivity index (χ3v) is 7.12. The normalized spacial score (nSPS) is 17.5. The molecule has 3 N–H and O–H groups in total. The monoisotopic (exact) mass is 472 g/mol. The van der Waals surface area contributed by atoms with Crippen molar-refractivity contribution < 1.29 is 13.9 Å². The van der Waals surface area contributed by atoms with Gasteiger partial charge in [0.25, 0.3) is 0 Å². The summed E-state index contributed by atoms with van der Waals surface area (Å²) in [5.41, 5.74) is 2.92. The third kappa shape index (κ3) is 5.51. The zero-order valence-corrected chi connectivity index (χ0v) is 19.1. The van der Waals surface area contributed by atoms with Crippen LogP contribution in [0.3, 0.4) is 0 Å². The minimum absolute atomic E-state index is 0.0540. The molecule has 0 saturated heterocycles. The largest absolute Gasteiger partial charge is 0.390 e. The number of halogens is 2. The highest BCUT2D eigenvalue weighted by Gasteiger charge is 2.26. The first-order chi connectivity index (χ1) is 15.8. The second-order valence-corrected chi connectivity index (χ2v) is 9.44. The summed E-state index contributed by atoms with van der Waals surface area (Å²) in [7, 11) is 0. The number of aryl methyl sites for hydroxylation is 1. The molecule has 174 valence electrons. The molecule has 3 unspecified atom stereocenters. The number of fused-ring (bicyclic) bond motifs is 1. The molecule has 3 aromatic rings. The lowest BCUT2D eigenvalue weighted by Gasteiger charge is -2.30. The van der Waals surface area contributed by atoms with Crippen LogP contribution in [0.5, 0.6) is 0 Å². The number of hydrogen-bond acceptors (Lipinski definition) is 6. The van der Waals surface area contributed by atoms with Gasteiger partial charge in [0.05, 0.1) is 17.8 Å². The number of rotatable bonds is 9. The van der Waals surface area contributed by atoms with E-state index >= 15 is 0 Å². The molecule has 1 heterocycles. The zero-order chi connectivity index (χ0) is 23.5. The highest BCUT2D eigenvalue weighted by atomic mass is 32.2. The molecule has 0 aromatic heterocycles. The van der Waals surface area contributed by atoms with Crippen molar-refractivity contribution in [3.05, 3.63) is 96.8 Å². The number of anilines is 1. The fraction of sp³-hybridized carbons (Fsp3) is 0.360. The van der Waals surface area contributed by atoms with E-state index in [9.17, 15) is 23.5 Å². The number of hydrogen-bond donors (Lipinski definition) is 3. The molecular formula is C25H26F2N2O3S. The van der Waals surface area contributed by atoms with Gasteiger partial charge in [-0.1, -0.05) is 25.1 Å². The maximum atomic E-state index is 13.7. The summed E-state index contributed by atoms with van der Waals surface area (Å²) in [5.74, 6) is 0.374. The standard InChI is InChI=1S/C25H26F2N2O3S/c1-2-14-3-4-16-12-33-13-22(19(16)7-14)28-11-24(31)20(29-21-10-23(30)25(21)32)8-15-5-17(26)9-18(27)6-15/h3-7,9-10,20,22,24,28-29,31H,2,8,11-13H2,1H3. The molecule has 0 bridgehead atoms. The molecule has 1 aliphatic rings. The van der Waals surface area contributed by atoms with Gasteiger partial charge in [-0.3, -0.25) is 9.59 Å². The Morgan fingerprint density at radius 2 is 1.85 bits per heavy atom. The Bertz CT molecular complexity index is 1190. The maximum Gasteiger partial charge on any atom is 0.248 e. The van der Waals surface area contributed by atoms with Crippen molar-refractivity contribution in [2.45, 2.75) is 43.7 Å². The quantitative estimate of drug-likeness (QED) is 0.416. The van der Waals surface area contributed by atoms with Crippen molar-refractivity contribution in [2.24, 2.45) is 0 Å². The van der Waals surface area contributed by atoms with E-state index in [-0.39, 0.29) is 24.7 Å². The molecule has 1 aliphatic heterocycles. The highest BCUT2D eigenvalue weighted by molar-refractivity contribution is 7.98. The van der Waals surface area contributed by atoms with Crippen molar-refractivity contribution in [3.63, 3.8) is 0 Å². The van der Waals surface area contributed by atoms with Crippen molar-refractivity contribution in [1.29, 1.82) is 0 Å². The van der Waals surface area contributed by atoms with E-state index in [2.05, 4.69) is 35.8 Å². The second-order valence-electron chi connectivity index (χ2n) is 8.41. The summed E-state index contributed by atoms with van der Waals surface area (Å²) < 4.78 is 27.4. The predicted molar refractivity (Wildman–Crippen MR) is 128 cm³/mol. The molecule has 5 nitrogen and oxygen atoms in total. The van der Waals surface area contributed by atoms with Crippen LogP contribution in [0.25, 0.3) is 0 Å². The minimum atomic E-state index is -0.981. The molecule has 8 heteroatoms. The van der Waals surface area contributed by atoms with Crippen LogP contribution in [0.2, 0.25) is 0 Å². The lowest BCUT2D eigenvalue weighted by Crippen LogP contribution is -2.46. The number of aliphatic hydroxyl groups is 1. The molecule has 0 amide bonds. The van der Waals surface area contributed by atoms with Gasteiger partial charge in [0.2, 0.25) is 10.9 Å². The van der Waals surface area contributed by atoms with E-state index in [1.165, 1.54) is 34.9 Å². The van der Waals surface area contributed by atoms with Gasteiger partial charge >= 0.3 is 0 Å². The number of benzene rings is 2. The maximum absolute atomic E-state index is 13.7. The molecule has 4 rings (SSSR count). The van der Waals surface area contributed by atoms with Crippen molar-refractivity contribution in [2.75, 3.05) is 17.6 Å². The van der Waals surface area contributed by atoms with Gasteiger partial charge < -0.3 is 15.7 Å². The molecular weight excluding hydrogens is 446 g/mol. The lowest BCUT2D eigenvalue weighted by molar-refractivity contribution is 0.146. The van der Waals surface area contributed by atoms with Crippen molar-refractivity contribution in [3.8, 4) is 0 Å². The van der Waals surface area contributed by atoms with E-state index in [4.69, 9.17) is 0 Å². The van der Waals surface area contributed by atoms with Gasteiger partial charge in [0, 0.05) is 36.2 Å². The van der Waals surface area contributed by atoms with Crippen LogP contribution >= 0.6 is 11.8 Å². The van der Waals surface area contributed by atoms with E-state index in [0.717, 1.165) is 24.0 Å². The highest BCUT2D eigenvalue weighted by Crippen LogP contribution is 2.32. The Labute approximate surface area is 194 Å². The fourth-order valence-electron chi connectivity index (χ4n) is 4.16. The zero-order valence-electron chi connectivity index (χ0n) is 18.2. The Morgan fingerprint density at radius 1 is 1.09 bits per heavy atom. The Kier molecular flexibility index (Phi) is 7.26. The van der Waals surface area contributed by atoms with Crippen LogP contribution in [0.1, 0.15) is 35.2 Å². The molecule has 0 fully saturated rings. The minimum Gasteiger partial charge on any atom is -0.390 e. The Morgan fingerprint density at radius 3 is 2.52 bits per heavy atom. The van der Waals surface area contributed by atoms with Crippen LogP contribution in [-0.2, 0) is 18.6 Å². The average Bonchev–Trinajstić information content (AvgIpc) is 2.80. The van der Waals surface area contributed by atoms with Crippen LogP contribution in [0, 0.1) is 11.6 Å². The van der Waals surface area contributed by atoms with Gasteiger partial charge in [0.1, 0.15) is 11.6 Å². The van der Waals surface area contributed by atoms with Gasteiger partial charge in [-0.2, -0.15) is 11.8 Å².